The van der Waals surface area contributed by atoms with Crippen molar-refractivity contribution in [2.45, 2.75) is 19.4 Å². The first-order valence-corrected chi connectivity index (χ1v) is 11.4. The van der Waals surface area contributed by atoms with Gasteiger partial charge in [0, 0.05) is 17.5 Å². The van der Waals surface area contributed by atoms with Crippen molar-refractivity contribution in [3.8, 4) is 5.75 Å². The number of methoxy groups -OCH3 is 1. The average Bonchev–Trinajstić information content (AvgIpc) is 3.25. The lowest BCUT2D eigenvalue weighted by atomic mass is 9.99. The molecule has 6 heteroatoms. The van der Waals surface area contributed by atoms with Crippen molar-refractivity contribution in [2.75, 3.05) is 7.11 Å². The maximum Gasteiger partial charge on any atom is 0.252 e. The van der Waals surface area contributed by atoms with Gasteiger partial charge in [0.25, 0.3) is 5.91 Å². The van der Waals surface area contributed by atoms with Crippen LogP contribution in [0.15, 0.2) is 66.7 Å². The first-order chi connectivity index (χ1) is 16.5. The van der Waals surface area contributed by atoms with Gasteiger partial charge in [-0.25, -0.2) is 9.37 Å². The van der Waals surface area contributed by atoms with Gasteiger partial charge in [-0.2, -0.15) is 0 Å². The quantitative estimate of drug-likeness (QED) is 0.363. The van der Waals surface area contributed by atoms with Crippen LogP contribution in [0.25, 0.3) is 22.6 Å². The van der Waals surface area contributed by atoms with Gasteiger partial charge in [0.15, 0.2) is 0 Å². The molecule has 4 aromatic rings. The molecule has 0 saturated heterocycles. The Hall–Kier alpha value is -3.70. The zero-order chi connectivity index (χ0) is 23.7. The third kappa shape index (κ3) is 4.15. The van der Waals surface area contributed by atoms with Crippen LogP contribution >= 0.6 is 11.6 Å². The molecule has 1 aliphatic rings. The number of amides is 1. The number of rotatable bonds is 5. The largest absolute Gasteiger partial charge is 0.497 e. The van der Waals surface area contributed by atoms with Crippen molar-refractivity contribution in [1.82, 2.24) is 10.3 Å². The summed E-state index contributed by atoms with van der Waals surface area (Å²) in [7, 11) is 1.61. The van der Waals surface area contributed by atoms with E-state index in [0.29, 0.717) is 35.5 Å². The molecule has 1 N–H and O–H groups in total. The second-order valence-corrected chi connectivity index (χ2v) is 8.58. The minimum Gasteiger partial charge on any atom is -0.497 e. The fraction of sp³-hybridized carbons (Fsp3) is 0.143. The van der Waals surface area contributed by atoms with Crippen LogP contribution in [0.5, 0.6) is 5.75 Å². The summed E-state index contributed by atoms with van der Waals surface area (Å²) in [4.78, 5) is 18.3. The molecule has 0 spiro atoms. The number of hydrogen-bond acceptors (Lipinski definition) is 3. The van der Waals surface area contributed by atoms with E-state index in [-0.39, 0.29) is 11.7 Å². The third-order valence-electron chi connectivity index (χ3n) is 6.07. The van der Waals surface area contributed by atoms with Crippen LogP contribution in [0.1, 0.15) is 39.2 Å². The van der Waals surface area contributed by atoms with Crippen molar-refractivity contribution >= 4 is 40.1 Å². The van der Waals surface area contributed by atoms with Crippen molar-refractivity contribution in [3.63, 3.8) is 0 Å². The molecule has 0 unspecified atom stereocenters. The third-order valence-corrected chi connectivity index (χ3v) is 6.40. The molecule has 4 nitrogen and oxygen atoms in total. The zero-order valence-electron chi connectivity index (χ0n) is 18.6. The highest BCUT2D eigenvalue weighted by molar-refractivity contribution is 6.32. The predicted octanol–water partition coefficient (Wildman–Crippen LogP) is 6.45. The molecular formula is C28H22ClFN2O2. The number of pyridine rings is 1. The van der Waals surface area contributed by atoms with Crippen molar-refractivity contribution in [1.29, 1.82) is 0 Å². The first kappa shape index (κ1) is 22.1. The number of aromatic nitrogens is 1. The summed E-state index contributed by atoms with van der Waals surface area (Å²) < 4.78 is 19.7. The number of carbonyl (C=O) groups is 1. The highest BCUT2D eigenvalue weighted by Gasteiger charge is 2.27. The number of halogens is 2. The molecule has 1 aliphatic carbocycles. The van der Waals surface area contributed by atoms with Crippen LogP contribution in [-0.4, -0.2) is 18.0 Å². The minimum absolute atomic E-state index is 0.164. The minimum atomic E-state index is -0.384. The lowest BCUT2D eigenvalue weighted by Crippen LogP contribution is -2.24. The van der Waals surface area contributed by atoms with Gasteiger partial charge in [-0.1, -0.05) is 48.0 Å². The number of ether oxygens (including phenoxy) is 1. The van der Waals surface area contributed by atoms with Crippen molar-refractivity contribution in [3.05, 3.63) is 106 Å². The van der Waals surface area contributed by atoms with Gasteiger partial charge in [0.1, 0.15) is 11.6 Å². The first-order valence-electron chi connectivity index (χ1n) is 11.0. The molecule has 170 valence electrons. The van der Waals surface area contributed by atoms with Gasteiger partial charge in [0.2, 0.25) is 0 Å². The molecular weight excluding hydrogens is 451 g/mol. The standard InChI is InChI=1S/C28H22ClFN2O2/c1-34-19-7-4-6-17(14-19)16-31-28(33)26-20-8-2-3-11-25(20)32-27-18(12-13-21(26)27)15-22-23(29)9-5-10-24(22)30/h2-11,14-15H,12-13,16H2,1H3,(H,31,33)/b18-15+. The lowest BCUT2D eigenvalue weighted by molar-refractivity contribution is 0.0951. The van der Waals surface area contributed by atoms with Gasteiger partial charge in [0.05, 0.1) is 28.9 Å². The summed E-state index contributed by atoms with van der Waals surface area (Å²) in [5, 5.41) is 4.19. The van der Waals surface area contributed by atoms with Crippen LogP contribution < -0.4 is 10.1 Å². The Kier molecular flexibility index (Phi) is 6.03. The molecule has 1 amide bonds. The number of benzene rings is 3. The molecule has 0 atom stereocenters. The molecule has 3 aromatic carbocycles. The Morgan fingerprint density at radius 3 is 2.76 bits per heavy atom. The zero-order valence-corrected chi connectivity index (χ0v) is 19.3. The molecule has 34 heavy (non-hydrogen) atoms. The van der Waals surface area contributed by atoms with E-state index in [2.05, 4.69) is 5.32 Å². The summed E-state index contributed by atoms with van der Waals surface area (Å²) in [6.45, 7) is 0.370. The Morgan fingerprint density at radius 2 is 1.94 bits per heavy atom. The molecule has 0 fully saturated rings. The fourth-order valence-electron chi connectivity index (χ4n) is 4.41. The van der Waals surface area contributed by atoms with Crippen molar-refractivity contribution in [2.24, 2.45) is 0 Å². The lowest BCUT2D eigenvalue weighted by Gasteiger charge is -2.13. The van der Waals surface area contributed by atoms with Crippen LogP contribution in [0.2, 0.25) is 5.02 Å². The second kappa shape index (κ2) is 9.27. The number of hydrogen-bond donors (Lipinski definition) is 1. The topological polar surface area (TPSA) is 51.2 Å². The fourth-order valence-corrected chi connectivity index (χ4v) is 4.63. The van der Waals surface area contributed by atoms with E-state index in [4.69, 9.17) is 21.3 Å². The Morgan fingerprint density at radius 1 is 1.12 bits per heavy atom. The van der Waals surface area contributed by atoms with Crippen molar-refractivity contribution < 1.29 is 13.9 Å². The number of nitrogens with one attached hydrogen (secondary N) is 1. The molecule has 0 saturated carbocycles. The highest BCUT2D eigenvalue weighted by atomic mass is 35.5. The number of allylic oxidation sites excluding steroid dienone is 1. The Balaban J connectivity index is 1.55. The normalized spacial score (nSPS) is 13.8. The van der Waals surface area contributed by atoms with Gasteiger partial charge < -0.3 is 10.1 Å². The number of para-hydroxylation sites is 1. The van der Waals surface area contributed by atoms with E-state index in [9.17, 15) is 9.18 Å². The SMILES string of the molecule is COc1cccc(CNC(=O)c2c3c(nc4ccccc24)/C(=C/c2c(F)cccc2Cl)CC3)c1. The molecule has 0 bridgehead atoms. The van der Waals surface area contributed by atoms with Gasteiger partial charge in [-0.15, -0.1) is 0 Å². The molecule has 5 rings (SSSR count). The van der Waals surface area contributed by atoms with E-state index in [1.807, 2.05) is 48.5 Å². The van der Waals surface area contributed by atoms with E-state index in [1.165, 1.54) is 6.07 Å². The summed E-state index contributed by atoms with van der Waals surface area (Å²) >= 11 is 6.25. The molecule has 0 aliphatic heterocycles. The number of carbonyl (C=O) groups excluding carboxylic acids is 1. The maximum atomic E-state index is 14.4. The predicted molar refractivity (Wildman–Crippen MR) is 134 cm³/mol. The van der Waals surface area contributed by atoms with E-state index < -0.39 is 0 Å². The summed E-state index contributed by atoms with van der Waals surface area (Å²) in [6, 6.07) is 19.8. The molecule has 0 radical (unpaired) electrons. The van der Waals surface area contributed by atoms with E-state index in [0.717, 1.165) is 39.0 Å². The monoisotopic (exact) mass is 472 g/mol. The number of nitrogens with zero attached hydrogens (tertiary/aromatic N) is 1. The summed E-state index contributed by atoms with van der Waals surface area (Å²) in [6.07, 6.45) is 3.05. The summed E-state index contributed by atoms with van der Waals surface area (Å²) in [5.41, 5.74) is 5.09. The molecule has 1 heterocycles. The van der Waals surface area contributed by atoms with Gasteiger partial charge in [-0.05, 0) is 65.9 Å². The summed E-state index contributed by atoms with van der Waals surface area (Å²) in [5.74, 6) is 0.192. The second-order valence-electron chi connectivity index (χ2n) is 8.17. The Bertz CT molecular complexity index is 1430. The smallest absolute Gasteiger partial charge is 0.252 e. The Labute approximate surface area is 202 Å². The highest BCUT2D eigenvalue weighted by Crippen LogP contribution is 2.38. The van der Waals surface area contributed by atoms with Crippen LogP contribution in [0.4, 0.5) is 4.39 Å². The van der Waals surface area contributed by atoms with E-state index >= 15 is 0 Å². The van der Waals surface area contributed by atoms with E-state index in [1.54, 1.807) is 25.3 Å². The van der Waals surface area contributed by atoms with Crippen LogP contribution in [-0.2, 0) is 13.0 Å². The molecule has 1 aromatic heterocycles. The maximum absolute atomic E-state index is 14.4. The number of fused-ring (bicyclic) bond motifs is 2. The van der Waals surface area contributed by atoms with Gasteiger partial charge in [-0.3, -0.25) is 4.79 Å². The average molecular weight is 473 g/mol. The van der Waals surface area contributed by atoms with Gasteiger partial charge >= 0.3 is 0 Å². The van der Waals surface area contributed by atoms with Crippen LogP contribution in [0.3, 0.4) is 0 Å². The van der Waals surface area contributed by atoms with Crippen LogP contribution in [0, 0.1) is 5.82 Å².